The molecule has 4 nitrogen and oxygen atoms in total. The smallest absolute Gasteiger partial charge is 0.319 e. The summed E-state index contributed by atoms with van der Waals surface area (Å²) in [6.45, 7) is 4.28. The van der Waals surface area contributed by atoms with E-state index in [2.05, 4.69) is 47.1 Å². The molecule has 4 bridgehead atoms. The predicted octanol–water partition coefficient (Wildman–Crippen LogP) is 3.60. The molecular formula is C21H25ClN2O2. The Morgan fingerprint density at radius 1 is 1.38 bits per heavy atom. The normalized spacial score (nSPS) is 31.6. The van der Waals surface area contributed by atoms with Crippen LogP contribution in [0.15, 0.2) is 35.9 Å². The molecule has 0 radical (unpaired) electrons. The van der Waals surface area contributed by atoms with E-state index in [4.69, 9.17) is 4.74 Å². The molecule has 4 atom stereocenters. The van der Waals surface area contributed by atoms with Crippen molar-refractivity contribution in [1.82, 2.24) is 9.88 Å². The van der Waals surface area contributed by atoms with Gasteiger partial charge < -0.3 is 9.72 Å². The second kappa shape index (κ2) is 6.14. The SMILES string of the molecule is CCC1=CC2CN3CCc4c([nH]c5ccccc45)[C@](C(=O)OC)(C2)[C@H]13.Cl. The third-order valence-corrected chi connectivity index (χ3v) is 6.55. The van der Waals surface area contributed by atoms with E-state index in [1.54, 1.807) is 0 Å². The molecule has 1 N–H and O–H groups in total. The lowest BCUT2D eigenvalue weighted by atomic mass is 9.60. The third-order valence-electron chi connectivity index (χ3n) is 6.55. The number of aromatic amines is 1. The van der Waals surface area contributed by atoms with Crippen LogP contribution in [0.5, 0.6) is 0 Å². The van der Waals surface area contributed by atoms with E-state index < -0.39 is 5.41 Å². The van der Waals surface area contributed by atoms with Crippen LogP contribution in [0.25, 0.3) is 10.9 Å². The maximum atomic E-state index is 13.2. The Morgan fingerprint density at radius 2 is 2.19 bits per heavy atom. The van der Waals surface area contributed by atoms with Crippen molar-refractivity contribution < 1.29 is 9.53 Å². The molecule has 6 rings (SSSR count). The highest BCUT2D eigenvalue weighted by atomic mass is 35.5. The molecule has 3 aliphatic heterocycles. The zero-order valence-corrected chi connectivity index (χ0v) is 16.1. The van der Waals surface area contributed by atoms with Gasteiger partial charge in [0.25, 0.3) is 0 Å². The summed E-state index contributed by atoms with van der Waals surface area (Å²) in [5, 5.41) is 1.26. The summed E-state index contributed by atoms with van der Waals surface area (Å²) in [4.78, 5) is 19.4. The monoisotopic (exact) mass is 372 g/mol. The number of hydrogen-bond donors (Lipinski definition) is 1. The van der Waals surface area contributed by atoms with Crippen LogP contribution in [-0.4, -0.2) is 42.1 Å². The Morgan fingerprint density at radius 3 is 2.96 bits per heavy atom. The predicted molar refractivity (Wildman–Crippen MR) is 105 cm³/mol. The summed E-state index contributed by atoms with van der Waals surface area (Å²) >= 11 is 0. The number of H-pyrrole nitrogens is 1. The lowest BCUT2D eigenvalue weighted by Crippen LogP contribution is -2.63. The van der Waals surface area contributed by atoms with Crippen LogP contribution < -0.4 is 0 Å². The van der Waals surface area contributed by atoms with Gasteiger partial charge >= 0.3 is 5.97 Å². The van der Waals surface area contributed by atoms with Crippen molar-refractivity contribution in [1.29, 1.82) is 0 Å². The second-order valence-electron chi connectivity index (χ2n) is 7.69. The van der Waals surface area contributed by atoms with Gasteiger partial charge in [-0.2, -0.15) is 0 Å². The number of hydrogen-bond acceptors (Lipinski definition) is 3. The number of para-hydroxylation sites is 1. The number of rotatable bonds is 2. The summed E-state index contributed by atoms with van der Waals surface area (Å²) in [7, 11) is 1.53. The van der Waals surface area contributed by atoms with Crippen molar-refractivity contribution in [3.63, 3.8) is 0 Å². The topological polar surface area (TPSA) is 45.3 Å². The Hall–Kier alpha value is -1.78. The summed E-state index contributed by atoms with van der Waals surface area (Å²) < 4.78 is 5.41. The lowest BCUT2D eigenvalue weighted by molar-refractivity contribution is -0.153. The van der Waals surface area contributed by atoms with Crippen LogP contribution >= 0.6 is 12.4 Å². The average molecular weight is 373 g/mol. The Bertz CT molecular complexity index is 903. The number of esters is 1. The van der Waals surface area contributed by atoms with Crippen molar-refractivity contribution in [2.75, 3.05) is 20.2 Å². The van der Waals surface area contributed by atoms with Gasteiger partial charge in [-0.05, 0) is 36.8 Å². The van der Waals surface area contributed by atoms with Crippen LogP contribution in [0.1, 0.15) is 31.0 Å². The number of nitrogens with one attached hydrogen (secondary N) is 1. The van der Waals surface area contributed by atoms with Crippen LogP contribution in [0, 0.1) is 5.92 Å². The number of benzene rings is 1. The standard InChI is InChI=1S/C21H24N2O2.ClH/c1-3-14-10-13-11-21(20(24)25-2)18-16(8-9-23(12-13)19(14)21)15-6-4-5-7-17(15)22-18;/h4-7,10,13,19,22H,3,8-9,11-12H2,1-2H3;1H/t13?,19-,21+;/m0./s1. The fourth-order valence-electron chi connectivity index (χ4n) is 5.71. The number of carbonyl (C=O) groups excluding carboxylic acids is 1. The van der Waals surface area contributed by atoms with Crippen molar-refractivity contribution in [2.24, 2.45) is 5.92 Å². The Balaban J connectivity index is 0.00000168. The molecule has 138 valence electrons. The van der Waals surface area contributed by atoms with E-state index in [9.17, 15) is 4.79 Å². The van der Waals surface area contributed by atoms with Gasteiger partial charge in [-0.1, -0.05) is 36.8 Å². The first-order chi connectivity index (χ1) is 12.2. The van der Waals surface area contributed by atoms with Crippen molar-refractivity contribution >= 4 is 29.3 Å². The second-order valence-corrected chi connectivity index (χ2v) is 7.69. The zero-order chi connectivity index (χ0) is 17.2. The van der Waals surface area contributed by atoms with Crippen molar-refractivity contribution in [3.05, 3.63) is 47.2 Å². The van der Waals surface area contributed by atoms with Gasteiger partial charge in [0, 0.05) is 29.7 Å². The summed E-state index contributed by atoms with van der Waals surface area (Å²) in [6, 6.07) is 8.56. The largest absolute Gasteiger partial charge is 0.468 e. The highest BCUT2D eigenvalue weighted by molar-refractivity contribution is 5.92. The van der Waals surface area contributed by atoms with Gasteiger partial charge in [0.15, 0.2) is 0 Å². The minimum Gasteiger partial charge on any atom is -0.468 e. The van der Waals surface area contributed by atoms with E-state index in [-0.39, 0.29) is 24.4 Å². The zero-order valence-electron chi connectivity index (χ0n) is 15.2. The number of aromatic nitrogens is 1. The van der Waals surface area contributed by atoms with Gasteiger partial charge in [-0.25, -0.2) is 0 Å². The van der Waals surface area contributed by atoms with Crippen molar-refractivity contribution in [2.45, 2.75) is 37.6 Å². The maximum Gasteiger partial charge on any atom is 0.319 e. The van der Waals surface area contributed by atoms with Gasteiger partial charge in [-0.15, -0.1) is 12.4 Å². The number of carbonyl (C=O) groups is 1. The van der Waals surface area contributed by atoms with E-state index in [0.29, 0.717) is 5.92 Å². The minimum absolute atomic E-state index is 0. The third kappa shape index (κ3) is 2.09. The van der Waals surface area contributed by atoms with E-state index in [1.165, 1.54) is 23.6 Å². The molecule has 0 spiro atoms. The first-order valence-corrected chi connectivity index (χ1v) is 9.32. The fraction of sp³-hybridized carbons (Fsp3) is 0.476. The molecule has 1 saturated heterocycles. The molecule has 4 heterocycles. The quantitative estimate of drug-likeness (QED) is 0.647. The molecule has 1 fully saturated rings. The Kier molecular flexibility index (Phi) is 4.16. The average Bonchev–Trinajstić information content (AvgIpc) is 3.00. The van der Waals surface area contributed by atoms with E-state index in [1.807, 2.05) is 0 Å². The minimum atomic E-state index is -0.595. The molecule has 4 aliphatic rings. The molecule has 26 heavy (non-hydrogen) atoms. The first kappa shape index (κ1) is 17.6. The fourth-order valence-corrected chi connectivity index (χ4v) is 5.71. The molecule has 2 unspecified atom stereocenters. The van der Waals surface area contributed by atoms with Crippen LogP contribution in [-0.2, 0) is 21.4 Å². The van der Waals surface area contributed by atoms with Crippen molar-refractivity contribution in [3.8, 4) is 0 Å². The number of piperidine rings is 1. The van der Waals surface area contributed by atoms with Crippen LogP contribution in [0.2, 0.25) is 0 Å². The van der Waals surface area contributed by atoms with E-state index >= 15 is 0 Å². The first-order valence-electron chi connectivity index (χ1n) is 9.32. The van der Waals surface area contributed by atoms with Crippen LogP contribution in [0.4, 0.5) is 0 Å². The molecule has 1 aromatic carbocycles. The lowest BCUT2D eigenvalue weighted by Gasteiger charge is -2.53. The molecular weight excluding hydrogens is 348 g/mol. The van der Waals surface area contributed by atoms with Crippen LogP contribution in [0.3, 0.4) is 0 Å². The molecule has 2 aromatic rings. The summed E-state index contributed by atoms with van der Waals surface area (Å²) in [5.74, 6) is 0.345. The number of fused-ring (bicyclic) bond motifs is 3. The number of methoxy groups -OCH3 is 1. The van der Waals surface area contributed by atoms with Gasteiger partial charge in [0.2, 0.25) is 0 Å². The Labute approximate surface area is 160 Å². The molecule has 1 aromatic heterocycles. The molecule has 5 heteroatoms. The van der Waals surface area contributed by atoms with Gasteiger partial charge in [0.1, 0.15) is 5.41 Å². The van der Waals surface area contributed by atoms with E-state index in [0.717, 1.165) is 43.6 Å². The molecule has 0 amide bonds. The summed E-state index contributed by atoms with van der Waals surface area (Å²) in [5.41, 5.74) is 4.36. The highest BCUT2D eigenvalue weighted by Crippen LogP contribution is 2.52. The number of ether oxygens (including phenoxy) is 1. The maximum absolute atomic E-state index is 13.2. The van der Waals surface area contributed by atoms with Gasteiger partial charge in [0.05, 0.1) is 13.2 Å². The highest BCUT2D eigenvalue weighted by Gasteiger charge is 2.60. The number of halogens is 1. The summed E-state index contributed by atoms with van der Waals surface area (Å²) in [6.07, 6.45) is 5.25. The number of nitrogens with zero attached hydrogens (tertiary/aromatic N) is 1. The molecule has 1 aliphatic carbocycles. The van der Waals surface area contributed by atoms with Gasteiger partial charge in [-0.3, -0.25) is 9.69 Å². The molecule has 0 saturated carbocycles.